The molecule has 4 aliphatic rings. The summed E-state index contributed by atoms with van der Waals surface area (Å²) in [4.78, 5) is 16.8. The first-order valence-electron chi connectivity index (χ1n) is 15.2. The Labute approximate surface area is 231 Å². The summed E-state index contributed by atoms with van der Waals surface area (Å²) in [6.07, 6.45) is 12.6. The molecule has 0 radical (unpaired) electrons. The number of fused-ring (bicyclic) bond motifs is 3. The standard InChI is InChI=1S/C32H40FN5O/c33-28-27(38-22-8-5-12-24-11-3-4-13-26(24)38)15-14-25-29(28)34-31(35-30(25)36-18-6-1-2-7-19-36)39-23-32-16-9-20-37(32)21-10-17-32/h3-4,11,13-15H,1-2,5-10,12,16-23H2. The van der Waals surface area contributed by atoms with Crippen LogP contribution >= 0.6 is 0 Å². The van der Waals surface area contributed by atoms with Crippen LogP contribution in [0, 0.1) is 5.82 Å². The third-order valence-corrected chi connectivity index (χ3v) is 9.58. The van der Waals surface area contributed by atoms with E-state index in [9.17, 15) is 0 Å². The molecule has 6 nitrogen and oxygen atoms in total. The van der Waals surface area contributed by atoms with E-state index in [1.54, 1.807) is 0 Å². The highest BCUT2D eigenvalue weighted by Crippen LogP contribution is 2.41. The molecule has 1 aromatic heterocycles. The molecule has 7 rings (SSSR count). The fourth-order valence-corrected chi connectivity index (χ4v) is 7.51. The largest absolute Gasteiger partial charge is 0.461 e. The molecule has 5 heterocycles. The molecular weight excluding hydrogens is 489 g/mol. The van der Waals surface area contributed by atoms with Crippen molar-refractivity contribution < 1.29 is 9.13 Å². The number of aryl methyl sites for hydroxylation is 1. The summed E-state index contributed by atoms with van der Waals surface area (Å²) in [5.41, 5.74) is 3.46. The lowest BCUT2D eigenvalue weighted by Gasteiger charge is -2.31. The van der Waals surface area contributed by atoms with Gasteiger partial charge in [-0.15, -0.1) is 0 Å². The van der Waals surface area contributed by atoms with Crippen molar-refractivity contribution in [2.45, 2.75) is 76.2 Å². The highest BCUT2D eigenvalue weighted by atomic mass is 19.1. The normalized spacial score (nSPS) is 21.5. The van der Waals surface area contributed by atoms with Crippen LogP contribution in [0.1, 0.15) is 69.8 Å². The fourth-order valence-electron chi connectivity index (χ4n) is 7.51. The lowest BCUT2D eigenvalue weighted by molar-refractivity contribution is 0.108. The van der Waals surface area contributed by atoms with Crippen molar-refractivity contribution in [1.82, 2.24) is 14.9 Å². The van der Waals surface area contributed by atoms with Gasteiger partial charge in [-0.2, -0.15) is 9.97 Å². The van der Waals surface area contributed by atoms with Gasteiger partial charge in [-0.1, -0.05) is 31.0 Å². The van der Waals surface area contributed by atoms with Crippen molar-refractivity contribution >= 4 is 28.1 Å². The van der Waals surface area contributed by atoms with E-state index in [4.69, 9.17) is 14.7 Å². The maximum Gasteiger partial charge on any atom is 0.319 e. The van der Waals surface area contributed by atoms with Gasteiger partial charge in [-0.05, 0) is 94.6 Å². The maximum atomic E-state index is 16.6. The van der Waals surface area contributed by atoms with E-state index < -0.39 is 0 Å². The minimum absolute atomic E-state index is 0.0945. The number of ether oxygens (including phenoxy) is 1. The first-order valence-corrected chi connectivity index (χ1v) is 15.2. The zero-order valence-electron chi connectivity index (χ0n) is 23.0. The third kappa shape index (κ3) is 4.62. The van der Waals surface area contributed by atoms with Crippen molar-refractivity contribution in [3.8, 4) is 6.01 Å². The number of hydrogen-bond acceptors (Lipinski definition) is 6. The van der Waals surface area contributed by atoms with Gasteiger partial charge in [0.25, 0.3) is 0 Å². The number of aromatic nitrogens is 2. The number of benzene rings is 2. The number of hydrogen-bond donors (Lipinski definition) is 0. The van der Waals surface area contributed by atoms with Crippen molar-refractivity contribution in [3.63, 3.8) is 0 Å². The quantitative estimate of drug-likeness (QED) is 0.370. The first-order chi connectivity index (χ1) is 19.2. The van der Waals surface area contributed by atoms with E-state index in [0.717, 1.165) is 94.6 Å². The topological polar surface area (TPSA) is 44.7 Å². The molecule has 39 heavy (non-hydrogen) atoms. The number of nitrogens with zero attached hydrogens (tertiary/aromatic N) is 5. The smallest absolute Gasteiger partial charge is 0.319 e. The zero-order chi connectivity index (χ0) is 26.2. The summed E-state index contributed by atoms with van der Waals surface area (Å²) in [5.74, 6) is 0.555. The Morgan fingerprint density at radius 1 is 0.769 bits per heavy atom. The average molecular weight is 530 g/mol. The van der Waals surface area contributed by atoms with Crippen LogP contribution in [0.3, 0.4) is 0 Å². The molecule has 7 heteroatoms. The lowest BCUT2D eigenvalue weighted by atomic mass is 9.95. The number of para-hydroxylation sites is 1. The first kappa shape index (κ1) is 25.1. The lowest BCUT2D eigenvalue weighted by Crippen LogP contribution is -2.43. The maximum absolute atomic E-state index is 16.6. The second kappa shape index (κ2) is 10.6. The van der Waals surface area contributed by atoms with Gasteiger partial charge in [0.1, 0.15) is 17.9 Å². The van der Waals surface area contributed by atoms with Crippen LogP contribution < -0.4 is 14.5 Å². The van der Waals surface area contributed by atoms with Crippen molar-refractivity contribution in [2.75, 3.05) is 49.1 Å². The summed E-state index contributed by atoms with van der Waals surface area (Å²) in [6.45, 7) is 5.55. The van der Waals surface area contributed by atoms with E-state index >= 15 is 4.39 Å². The van der Waals surface area contributed by atoms with Gasteiger partial charge in [0.2, 0.25) is 0 Å². The average Bonchev–Trinajstić information content (AvgIpc) is 3.32. The van der Waals surface area contributed by atoms with Crippen LogP contribution in [0.5, 0.6) is 6.01 Å². The molecule has 0 spiro atoms. The van der Waals surface area contributed by atoms with Crippen molar-refractivity contribution in [3.05, 3.63) is 47.8 Å². The van der Waals surface area contributed by atoms with Crippen LogP contribution in [0.15, 0.2) is 36.4 Å². The molecule has 3 saturated heterocycles. The Kier molecular flexibility index (Phi) is 6.79. The molecule has 0 aliphatic carbocycles. The van der Waals surface area contributed by atoms with Crippen LogP contribution in [0.4, 0.5) is 21.6 Å². The van der Waals surface area contributed by atoms with E-state index in [1.165, 1.54) is 31.2 Å². The van der Waals surface area contributed by atoms with Crippen LogP contribution in [-0.2, 0) is 6.42 Å². The molecule has 0 unspecified atom stereocenters. The number of anilines is 3. The van der Waals surface area contributed by atoms with Gasteiger partial charge in [-0.25, -0.2) is 4.39 Å². The third-order valence-electron chi connectivity index (χ3n) is 9.58. The van der Waals surface area contributed by atoms with Gasteiger partial charge >= 0.3 is 6.01 Å². The highest BCUT2D eigenvalue weighted by Gasteiger charge is 2.45. The minimum atomic E-state index is -0.269. The Bertz CT molecular complexity index is 1330. The molecule has 0 bridgehead atoms. The number of rotatable bonds is 5. The van der Waals surface area contributed by atoms with E-state index in [-0.39, 0.29) is 11.4 Å². The second-order valence-electron chi connectivity index (χ2n) is 12.0. The van der Waals surface area contributed by atoms with Gasteiger partial charge in [0.05, 0.1) is 11.2 Å². The molecule has 0 N–H and O–H groups in total. The molecule has 3 aromatic rings. The highest BCUT2D eigenvalue weighted by molar-refractivity contribution is 5.93. The van der Waals surface area contributed by atoms with Crippen LogP contribution in [0.2, 0.25) is 0 Å². The monoisotopic (exact) mass is 529 g/mol. The Morgan fingerprint density at radius 2 is 1.54 bits per heavy atom. The van der Waals surface area contributed by atoms with Gasteiger partial charge in [0.15, 0.2) is 5.82 Å². The predicted octanol–water partition coefficient (Wildman–Crippen LogP) is 6.63. The molecule has 206 valence electrons. The van der Waals surface area contributed by atoms with Crippen molar-refractivity contribution in [2.24, 2.45) is 0 Å². The molecule has 2 aromatic carbocycles. The second-order valence-corrected chi connectivity index (χ2v) is 12.0. The predicted molar refractivity (Wildman–Crippen MR) is 155 cm³/mol. The van der Waals surface area contributed by atoms with Crippen molar-refractivity contribution in [1.29, 1.82) is 0 Å². The molecule has 0 amide bonds. The molecular formula is C32H40FN5O. The molecule has 3 fully saturated rings. The summed E-state index contributed by atoms with van der Waals surface area (Å²) in [6, 6.07) is 12.7. The Balaban J connectivity index is 1.30. The van der Waals surface area contributed by atoms with Gasteiger partial charge < -0.3 is 14.5 Å². The number of halogens is 1. The summed E-state index contributed by atoms with van der Waals surface area (Å²) in [7, 11) is 0. The molecule has 4 aliphatic heterocycles. The molecule has 0 atom stereocenters. The zero-order valence-corrected chi connectivity index (χ0v) is 23.0. The minimum Gasteiger partial charge on any atom is -0.461 e. The SMILES string of the molecule is Fc1c(N2CCCCc3ccccc32)ccc2c(N3CCCCCC3)nc(OCC34CCCN3CCC4)nc12. The van der Waals surface area contributed by atoms with Gasteiger partial charge in [0, 0.05) is 30.7 Å². The van der Waals surface area contributed by atoms with E-state index in [0.29, 0.717) is 23.8 Å². The summed E-state index contributed by atoms with van der Waals surface area (Å²) >= 11 is 0. The van der Waals surface area contributed by atoms with E-state index in [2.05, 4.69) is 39.0 Å². The van der Waals surface area contributed by atoms with E-state index in [1.807, 2.05) is 12.1 Å². The van der Waals surface area contributed by atoms with Gasteiger partial charge in [-0.3, -0.25) is 4.90 Å². The van der Waals surface area contributed by atoms with Crippen LogP contribution in [0.25, 0.3) is 10.9 Å². The Hall–Kier alpha value is -2.93. The Morgan fingerprint density at radius 3 is 2.36 bits per heavy atom. The summed E-state index contributed by atoms with van der Waals surface area (Å²) in [5, 5.41) is 0.787. The van der Waals surface area contributed by atoms with Crippen LogP contribution in [-0.4, -0.2) is 59.7 Å². The molecule has 0 saturated carbocycles. The summed E-state index contributed by atoms with van der Waals surface area (Å²) < 4.78 is 23.0. The fraction of sp³-hybridized carbons (Fsp3) is 0.562.